The molecule has 0 aromatic carbocycles. The van der Waals surface area contributed by atoms with E-state index in [0.29, 0.717) is 0 Å². The average molecular weight is 351 g/mol. The van der Waals surface area contributed by atoms with Crippen LogP contribution < -0.4 is 0 Å². The molecule has 0 bridgehead atoms. The van der Waals surface area contributed by atoms with Crippen LogP contribution in [0.2, 0.25) is 0 Å². The van der Waals surface area contributed by atoms with Crippen molar-refractivity contribution < 1.29 is 9.47 Å². The molecule has 0 rings (SSSR count). The predicted molar refractivity (Wildman–Crippen MR) is 111 cm³/mol. The fraction of sp³-hybridized carbons (Fsp3) is 0.739. The summed E-state index contributed by atoms with van der Waals surface area (Å²) in [5.41, 5.74) is 0.0960. The zero-order valence-electron chi connectivity index (χ0n) is 16.8. The van der Waals surface area contributed by atoms with Crippen molar-refractivity contribution in [3.63, 3.8) is 0 Å². The minimum absolute atomic E-state index is 0.0960. The van der Waals surface area contributed by atoms with E-state index in [1.54, 1.807) is 0 Å². The first-order chi connectivity index (χ1) is 12.2. The summed E-state index contributed by atoms with van der Waals surface area (Å²) in [5.74, 6) is 0. The van der Waals surface area contributed by atoms with Crippen LogP contribution in [0.15, 0.2) is 38.0 Å². The Morgan fingerprint density at radius 2 is 1.24 bits per heavy atom. The molecule has 0 aliphatic carbocycles. The molecule has 0 saturated heterocycles. The average Bonchev–Trinajstić information content (AvgIpc) is 2.61. The first-order valence-corrected chi connectivity index (χ1v) is 10.2. The van der Waals surface area contributed by atoms with Gasteiger partial charge < -0.3 is 9.47 Å². The molecule has 25 heavy (non-hydrogen) atoms. The Labute approximate surface area is 157 Å². The second-order valence-electron chi connectivity index (χ2n) is 7.12. The minimum Gasteiger partial charge on any atom is -0.381 e. The molecule has 0 amide bonds. The van der Waals surface area contributed by atoms with Gasteiger partial charge >= 0.3 is 0 Å². The smallest absolute Gasteiger partial charge is 0.0547 e. The second kappa shape index (κ2) is 17.9. The van der Waals surface area contributed by atoms with Crippen LogP contribution in [0.1, 0.15) is 77.6 Å². The van der Waals surface area contributed by atoms with Crippen LogP contribution in [0.5, 0.6) is 0 Å². The number of allylic oxidation sites excluding steroid dienone is 3. The topological polar surface area (TPSA) is 18.5 Å². The Kier molecular flexibility index (Phi) is 17.3. The Bertz CT molecular complexity index is 300. The van der Waals surface area contributed by atoms with Gasteiger partial charge in [-0.25, -0.2) is 0 Å². The molecular formula is C23H42O2. The van der Waals surface area contributed by atoms with Crippen LogP contribution in [0.3, 0.4) is 0 Å². The summed E-state index contributed by atoms with van der Waals surface area (Å²) in [5, 5.41) is 0. The van der Waals surface area contributed by atoms with Crippen LogP contribution in [-0.2, 0) is 9.47 Å². The van der Waals surface area contributed by atoms with E-state index in [2.05, 4.69) is 26.7 Å². The number of hydrogen-bond donors (Lipinski definition) is 0. The summed E-state index contributed by atoms with van der Waals surface area (Å²) < 4.78 is 12.1. The molecule has 2 heteroatoms. The van der Waals surface area contributed by atoms with Crippen LogP contribution in [0, 0.1) is 5.41 Å². The maximum absolute atomic E-state index is 6.03. The Morgan fingerprint density at radius 3 is 1.64 bits per heavy atom. The van der Waals surface area contributed by atoms with Gasteiger partial charge in [-0.2, -0.15) is 0 Å². The van der Waals surface area contributed by atoms with Crippen LogP contribution in [0.25, 0.3) is 0 Å². The van der Waals surface area contributed by atoms with Gasteiger partial charge in [0, 0.05) is 18.6 Å². The minimum atomic E-state index is 0.0960. The maximum atomic E-state index is 6.03. The van der Waals surface area contributed by atoms with Crippen LogP contribution in [0.4, 0.5) is 0 Å². The molecule has 0 aliphatic heterocycles. The molecule has 0 aromatic rings. The molecule has 2 nitrogen and oxygen atoms in total. The van der Waals surface area contributed by atoms with E-state index in [-0.39, 0.29) is 5.41 Å². The van der Waals surface area contributed by atoms with Crippen molar-refractivity contribution in [1.29, 1.82) is 0 Å². The van der Waals surface area contributed by atoms with E-state index in [0.717, 1.165) is 71.4 Å². The fourth-order valence-electron chi connectivity index (χ4n) is 3.16. The number of unbranched alkanes of at least 4 members (excludes halogenated alkanes) is 6. The van der Waals surface area contributed by atoms with Gasteiger partial charge in [0.2, 0.25) is 0 Å². The van der Waals surface area contributed by atoms with Gasteiger partial charge in [0.25, 0.3) is 0 Å². The third-order valence-electron chi connectivity index (χ3n) is 4.57. The predicted octanol–water partition coefficient (Wildman–Crippen LogP) is 6.88. The monoisotopic (exact) mass is 350 g/mol. The van der Waals surface area contributed by atoms with E-state index in [1.807, 2.05) is 18.2 Å². The molecule has 0 heterocycles. The summed E-state index contributed by atoms with van der Waals surface area (Å²) in [4.78, 5) is 0. The highest BCUT2D eigenvalue weighted by Gasteiger charge is 2.28. The van der Waals surface area contributed by atoms with E-state index < -0.39 is 0 Å². The molecule has 0 saturated carbocycles. The van der Waals surface area contributed by atoms with E-state index in [4.69, 9.17) is 9.47 Å². The zero-order valence-corrected chi connectivity index (χ0v) is 16.8. The third-order valence-corrected chi connectivity index (χ3v) is 4.57. The summed E-state index contributed by atoms with van der Waals surface area (Å²) >= 11 is 0. The van der Waals surface area contributed by atoms with Gasteiger partial charge in [-0.1, -0.05) is 44.4 Å². The first kappa shape index (κ1) is 24.1. The number of rotatable bonds is 20. The van der Waals surface area contributed by atoms with E-state index in [9.17, 15) is 0 Å². The Hall–Kier alpha value is -0.860. The van der Waals surface area contributed by atoms with E-state index >= 15 is 0 Å². The van der Waals surface area contributed by atoms with Crippen molar-refractivity contribution in [1.82, 2.24) is 0 Å². The van der Waals surface area contributed by atoms with Gasteiger partial charge in [-0.15, -0.1) is 19.7 Å². The number of hydrogen-bond acceptors (Lipinski definition) is 2. The molecule has 0 aliphatic rings. The van der Waals surface area contributed by atoms with Crippen molar-refractivity contribution >= 4 is 0 Å². The Morgan fingerprint density at radius 1 is 0.720 bits per heavy atom. The molecule has 0 N–H and O–H groups in total. The standard InChI is InChI=1S/C23H42O2/c1-5-9-11-13-15-19-24-21-23(17-7-3,18-8-4)22-25-20-16-14-12-10-6-2/h5-7H,1-3,8-22H2,4H3. The van der Waals surface area contributed by atoms with Gasteiger partial charge in [-0.3, -0.25) is 0 Å². The molecule has 0 aromatic heterocycles. The molecule has 0 unspecified atom stereocenters. The quantitative estimate of drug-likeness (QED) is 0.176. The van der Waals surface area contributed by atoms with Gasteiger partial charge in [0.1, 0.15) is 0 Å². The third kappa shape index (κ3) is 14.0. The number of ether oxygens (including phenoxy) is 2. The highest BCUT2D eigenvalue weighted by Crippen LogP contribution is 2.30. The lowest BCUT2D eigenvalue weighted by Crippen LogP contribution is -2.32. The molecule has 0 atom stereocenters. The van der Waals surface area contributed by atoms with Crippen LogP contribution >= 0.6 is 0 Å². The van der Waals surface area contributed by atoms with Crippen LogP contribution in [-0.4, -0.2) is 26.4 Å². The van der Waals surface area contributed by atoms with Gasteiger partial charge in [0.15, 0.2) is 0 Å². The summed E-state index contributed by atoms with van der Waals surface area (Å²) in [6, 6.07) is 0. The highest BCUT2D eigenvalue weighted by molar-refractivity contribution is 4.86. The largest absolute Gasteiger partial charge is 0.381 e. The van der Waals surface area contributed by atoms with Gasteiger partial charge in [-0.05, 0) is 51.4 Å². The summed E-state index contributed by atoms with van der Waals surface area (Å²) in [6.45, 7) is 17.0. The van der Waals surface area contributed by atoms with Crippen molar-refractivity contribution in [2.45, 2.75) is 77.6 Å². The second-order valence-corrected chi connectivity index (χ2v) is 7.12. The Balaban J connectivity index is 4.11. The van der Waals surface area contributed by atoms with E-state index in [1.165, 1.54) is 25.7 Å². The molecule has 0 fully saturated rings. The van der Waals surface area contributed by atoms with Crippen molar-refractivity contribution in [3.05, 3.63) is 38.0 Å². The zero-order chi connectivity index (χ0) is 18.6. The summed E-state index contributed by atoms with van der Waals surface area (Å²) in [6.07, 6.45) is 18.6. The maximum Gasteiger partial charge on any atom is 0.0547 e. The summed E-state index contributed by atoms with van der Waals surface area (Å²) in [7, 11) is 0. The first-order valence-electron chi connectivity index (χ1n) is 10.2. The van der Waals surface area contributed by atoms with Crippen molar-refractivity contribution in [2.75, 3.05) is 26.4 Å². The molecule has 146 valence electrons. The lowest BCUT2D eigenvalue weighted by Gasteiger charge is -2.32. The highest BCUT2D eigenvalue weighted by atomic mass is 16.5. The molecular weight excluding hydrogens is 308 g/mol. The van der Waals surface area contributed by atoms with Crippen molar-refractivity contribution in [3.8, 4) is 0 Å². The van der Waals surface area contributed by atoms with Crippen molar-refractivity contribution in [2.24, 2.45) is 5.41 Å². The lowest BCUT2D eigenvalue weighted by molar-refractivity contribution is -0.0280. The lowest BCUT2D eigenvalue weighted by atomic mass is 9.81. The molecule has 0 radical (unpaired) electrons. The molecule has 0 spiro atoms. The van der Waals surface area contributed by atoms with Gasteiger partial charge in [0.05, 0.1) is 13.2 Å². The SMILES string of the molecule is C=CCCCCCOCC(CC=C)(CCC)COCCCCCC=C. The normalized spacial score (nSPS) is 11.4. The fourth-order valence-corrected chi connectivity index (χ4v) is 3.16.